The van der Waals surface area contributed by atoms with Crippen molar-refractivity contribution in [1.82, 2.24) is 5.06 Å². The van der Waals surface area contributed by atoms with Gasteiger partial charge in [-0.1, -0.05) is 12.2 Å². The van der Waals surface area contributed by atoms with Gasteiger partial charge in [0.15, 0.2) is 0 Å². The number of hydrogen-bond donors (Lipinski definition) is 0. The van der Waals surface area contributed by atoms with Crippen LogP contribution in [-0.4, -0.2) is 42.7 Å². The van der Waals surface area contributed by atoms with Crippen molar-refractivity contribution < 1.29 is 33.5 Å². The summed E-state index contributed by atoms with van der Waals surface area (Å²) >= 11 is 0. The lowest BCUT2D eigenvalue weighted by molar-refractivity contribution is -0.196. The van der Waals surface area contributed by atoms with Gasteiger partial charge in [-0.15, -0.1) is 5.06 Å². The molecule has 104 valence electrons. The van der Waals surface area contributed by atoms with Gasteiger partial charge < -0.3 is 14.3 Å². The predicted molar refractivity (Wildman–Crippen MR) is 59.3 cm³/mol. The number of hydroxylamine groups is 2. The molecular weight excluding hydrogens is 258 g/mol. The average Bonchev–Trinajstić information content (AvgIpc) is 2.69. The van der Waals surface area contributed by atoms with E-state index in [4.69, 9.17) is 0 Å². The van der Waals surface area contributed by atoms with E-state index in [2.05, 4.69) is 14.3 Å². The summed E-state index contributed by atoms with van der Waals surface area (Å²) in [5, 5.41) is 0.473. The SMILES string of the molecule is COC(=O)OCC=CCC(=O)ON1C(=O)CCC1=O. The van der Waals surface area contributed by atoms with Crippen molar-refractivity contribution in [2.75, 3.05) is 13.7 Å². The largest absolute Gasteiger partial charge is 0.508 e. The maximum Gasteiger partial charge on any atom is 0.508 e. The van der Waals surface area contributed by atoms with Gasteiger partial charge in [0.2, 0.25) is 0 Å². The predicted octanol–water partition coefficient (Wildman–Crippen LogP) is 0.323. The highest BCUT2D eigenvalue weighted by atomic mass is 16.7. The van der Waals surface area contributed by atoms with Crippen LogP contribution in [0.15, 0.2) is 12.2 Å². The molecule has 0 radical (unpaired) electrons. The Labute approximate surface area is 108 Å². The maximum atomic E-state index is 11.3. The van der Waals surface area contributed by atoms with Crippen LogP contribution in [0.25, 0.3) is 0 Å². The van der Waals surface area contributed by atoms with E-state index in [-0.39, 0.29) is 25.9 Å². The van der Waals surface area contributed by atoms with Crippen molar-refractivity contribution >= 4 is 23.9 Å². The van der Waals surface area contributed by atoms with Crippen LogP contribution in [-0.2, 0) is 28.7 Å². The van der Waals surface area contributed by atoms with E-state index in [0.717, 1.165) is 0 Å². The monoisotopic (exact) mass is 271 g/mol. The highest BCUT2D eigenvalue weighted by molar-refractivity contribution is 6.01. The van der Waals surface area contributed by atoms with Gasteiger partial charge in [-0.05, 0) is 0 Å². The molecular formula is C11H13NO7. The minimum atomic E-state index is -0.833. The first-order valence-corrected chi connectivity index (χ1v) is 5.47. The van der Waals surface area contributed by atoms with E-state index in [9.17, 15) is 19.2 Å². The van der Waals surface area contributed by atoms with Gasteiger partial charge in [0, 0.05) is 12.8 Å². The first-order valence-electron chi connectivity index (χ1n) is 5.47. The van der Waals surface area contributed by atoms with E-state index in [0.29, 0.717) is 5.06 Å². The number of carbonyl (C=O) groups excluding carboxylic acids is 4. The summed E-state index contributed by atoms with van der Waals surface area (Å²) in [4.78, 5) is 48.7. The van der Waals surface area contributed by atoms with Crippen LogP contribution in [0, 0.1) is 0 Å². The number of ether oxygens (including phenoxy) is 2. The third-order valence-electron chi connectivity index (χ3n) is 2.11. The standard InChI is InChI=1S/C11H13NO7/c1-17-11(16)18-7-3-2-4-10(15)19-12-8(13)5-6-9(12)14/h2-3H,4-7H2,1H3. The van der Waals surface area contributed by atoms with E-state index in [1.165, 1.54) is 19.3 Å². The van der Waals surface area contributed by atoms with Gasteiger partial charge in [0.05, 0.1) is 13.5 Å². The Morgan fingerprint density at radius 3 is 2.42 bits per heavy atom. The van der Waals surface area contributed by atoms with Gasteiger partial charge in [0.1, 0.15) is 6.61 Å². The first kappa shape index (κ1) is 14.7. The fourth-order valence-electron chi connectivity index (χ4n) is 1.22. The number of rotatable bonds is 5. The van der Waals surface area contributed by atoms with Gasteiger partial charge in [-0.2, -0.15) is 0 Å². The molecule has 1 aliphatic heterocycles. The molecule has 0 aromatic rings. The van der Waals surface area contributed by atoms with Crippen molar-refractivity contribution in [2.45, 2.75) is 19.3 Å². The summed E-state index contributed by atoms with van der Waals surface area (Å²) in [6.07, 6.45) is 1.91. The van der Waals surface area contributed by atoms with Crippen molar-refractivity contribution in [3.8, 4) is 0 Å². The third kappa shape index (κ3) is 4.78. The molecule has 8 nitrogen and oxygen atoms in total. The van der Waals surface area contributed by atoms with Crippen LogP contribution < -0.4 is 0 Å². The normalized spacial score (nSPS) is 14.9. The lowest BCUT2D eigenvalue weighted by Gasteiger charge is -2.11. The second-order valence-electron chi connectivity index (χ2n) is 3.49. The lowest BCUT2D eigenvalue weighted by atomic mass is 10.4. The molecule has 1 aliphatic rings. The topological polar surface area (TPSA) is 99.2 Å². The molecule has 1 saturated heterocycles. The zero-order chi connectivity index (χ0) is 14.3. The van der Waals surface area contributed by atoms with E-state index in [1.54, 1.807) is 0 Å². The van der Waals surface area contributed by atoms with Gasteiger partial charge in [-0.25, -0.2) is 9.59 Å². The molecule has 0 N–H and O–H groups in total. The Morgan fingerprint density at radius 2 is 1.84 bits per heavy atom. The third-order valence-corrected chi connectivity index (χ3v) is 2.11. The van der Waals surface area contributed by atoms with Crippen LogP contribution in [0.5, 0.6) is 0 Å². The van der Waals surface area contributed by atoms with Crippen LogP contribution in [0.3, 0.4) is 0 Å². The summed E-state index contributed by atoms with van der Waals surface area (Å²) in [5.74, 6) is -1.81. The Morgan fingerprint density at radius 1 is 1.21 bits per heavy atom. The van der Waals surface area contributed by atoms with Crippen molar-refractivity contribution in [3.05, 3.63) is 12.2 Å². The molecule has 0 spiro atoms. The second-order valence-corrected chi connectivity index (χ2v) is 3.49. The van der Waals surface area contributed by atoms with Crippen LogP contribution in [0.1, 0.15) is 19.3 Å². The summed E-state index contributed by atoms with van der Waals surface area (Å²) < 4.78 is 8.74. The molecule has 0 aromatic heterocycles. The molecule has 2 amide bonds. The van der Waals surface area contributed by atoms with E-state index >= 15 is 0 Å². The number of methoxy groups -OCH3 is 1. The zero-order valence-electron chi connectivity index (χ0n) is 10.3. The van der Waals surface area contributed by atoms with Crippen molar-refractivity contribution in [2.24, 2.45) is 0 Å². The fourth-order valence-corrected chi connectivity index (χ4v) is 1.22. The Balaban J connectivity index is 2.24. The summed E-state index contributed by atoms with van der Waals surface area (Å²) in [6.45, 7) is -0.0540. The maximum absolute atomic E-state index is 11.3. The fraction of sp³-hybridized carbons (Fsp3) is 0.455. The van der Waals surface area contributed by atoms with Crippen molar-refractivity contribution in [1.29, 1.82) is 0 Å². The lowest BCUT2D eigenvalue weighted by Crippen LogP contribution is -2.31. The van der Waals surface area contributed by atoms with Crippen LogP contribution >= 0.6 is 0 Å². The molecule has 1 fully saturated rings. The number of imide groups is 1. The second kappa shape index (κ2) is 7.14. The van der Waals surface area contributed by atoms with E-state index in [1.807, 2.05) is 0 Å². The molecule has 0 atom stereocenters. The summed E-state index contributed by atoms with van der Waals surface area (Å²) in [7, 11) is 1.17. The van der Waals surface area contributed by atoms with Gasteiger partial charge >= 0.3 is 12.1 Å². The highest BCUT2D eigenvalue weighted by Crippen LogP contribution is 2.12. The Hall–Kier alpha value is -2.38. The minimum Gasteiger partial charge on any atom is -0.438 e. The average molecular weight is 271 g/mol. The zero-order valence-corrected chi connectivity index (χ0v) is 10.3. The quantitative estimate of drug-likeness (QED) is 0.403. The number of carbonyl (C=O) groups is 4. The summed E-state index contributed by atoms with van der Waals surface area (Å²) in [6, 6.07) is 0. The molecule has 1 rings (SSSR count). The number of amides is 2. The Bertz CT molecular complexity index is 399. The van der Waals surface area contributed by atoms with Crippen molar-refractivity contribution in [3.63, 3.8) is 0 Å². The van der Waals surface area contributed by atoms with Gasteiger partial charge in [0.25, 0.3) is 11.8 Å². The highest BCUT2D eigenvalue weighted by Gasteiger charge is 2.32. The molecule has 1 heterocycles. The molecule has 0 aliphatic carbocycles. The molecule has 19 heavy (non-hydrogen) atoms. The summed E-state index contributed by atoms with van der Waals surface area (Å²) in [5.41, 5.74) is 0. The minimum absolute atomic E-state index is 0.0505. The molecule has 0 unspecified atom stereocenters. The number of nitrogens with zero attached hydrogens (tertiary/aromatic N) is 1. The molecule has 0 saturated carbocycles. The molecule has 0 bridgehead atoms. The smallest absolute Gasteiger partial charge is 0.438 e. The van der Waals surface area contributed by atoms with E-state index < -0.39 is 23.9 Å². The van der Waals surface area contributed by atoms with Crippen LogP contribution in [0.2, 0.25) is 0 Å². The van der Waals surface area contributed by atoms with Crippen LogP contribution in [0.4, 0.5) is 4.79 Å². The molecule has 0 aromatic carbocycles. The van der Waals surface area contributed by atoms with Gasteiger partial charge in [-0.3, -0.25) is 9.59 Å². The molecule has 8 heteroatoms. The first-order chi connectivity index (χ1) is 9.04. The number of hydrogen-bond acceptors (Lipinski definition) is 7. The Kier molecular flexibility index (Phi) is 5.52.